The second kappa shape index (κ2) is 7.40. The summed E-state index contributed by atoms with van der Waals surface area (Å²) in [5, 5.41) is 0.729. The van der Waals surface area contributed by atoms with E-state index >= 15 is 0 Å². The highest BCUT2D eigenvalue weighted by Gasteiger charge is 2.36. The Balaban J connectivity index is 1.63. The Hall–Kier alpha value is -3.36. The summed E-state index contributed by atoms with van der Waals surface area (Å²) in [4.78, 5) is 34.6. The molecule has 0 unspecified atom stereocenters. The van der Waals surface area contributed by atoms with Crippen LogP contribution in [0.25, 0.3) is 16.7 Å². The van der Waals surface area contributed by atoms with Crippen LogP contribution in [0.3, 0.4) is 0 Å². The number of amides is 2. The van der Waals surface area contributed by atoms with Crippen LogP contribution in [0.15, 0.2) is 43.0 Å². The highest BCUT2D eigenvalue weighted by molar-refractivity contribution is 5.97. The summed E-state index contributed by atoms with van der Waals surface area (Å²) < 4.78 is 28.6. The lowest BCUT2D eigenvalue weighted by molar-refractivity contribution is -0.122. The van der Waals surface area contributed by atoms with Crippen LogP contribution >= 0.6 is 0 Å². The molecule has 4 rings (SSSR count). The van der Waals surface area contributed by atoms with Crippen molar-refractivity contribution in [2.75, 3.05) is 13.1 Å². The van der Waals surface area contributed by atoms with E-state index in [2.05, 4.69) is 9.97 Å². The molecule has 31 heavy (non-hydrogen) atoms. The van der Waals surface area contributed by atoms with Crippen molar-refractivity contribution in [1.29, 1.82) is 0 Å². The highest BCUT2D eigenvalue weighted by atomic mass is 19.3. The van der Waals surface area contributed by atoms with Crippen LogP contribution < -0.4 is 5.73 Å². The fourth-order valence-corrected chi connectivity index (χ4v) is 3.61. The molecule has 3 aromatic rings. The van der Waals surface area contributed by atoms with E-state index in [9.17, 15) is 18.4 Å². The van der Waals surface area contributed by atoms with Gasteiger partial charge in [-0.3, -0.25) is 19.1 Å². The first-order valence-corrected chi connectivity index (χ1v) is 9.98. The maximum atomic E-state index is 13.4. The number of fused-ring (bicyclic) bond motifs is 1. The zero-order chi connectivity index (χ0) is 22.4. The summed E-state index contributed by atoms with van der Waals surface area (Å²) in [6.07, 6.45) is 5.86. The Morgan fingerprint density at radius 3 is 2.52 bits per heavy atom. The Morgan fingerprint density at radius 2 is 1.84 bits per heavy atom. The lowest BCUT2D eigenvalue weighted by Gasteiger charge is -2.31. The third kappa shape index (κ3) is 3.87. The lowest BCUT2D eigenvalue weighted by atomic mass is 9.85. The van der Waals surface area contributed by atoms with Gasteiger partial charge in [-0.25, -0.2) is 13.8 Å². The van der Waals surface area contributed by atoms with Crippen LogP contribution in [0, 0.1) is 0 Å². The number of hydrogen-bond acceptors (Lipinski definition) is 4. The van der Waals surface area contributed by atoms with Crippen molar-refractivity contribution in [2.24, 2.45) is 5.73 Å². The minimum absolute atomic E-state index is 0.0268. The van der Waals surface area contributed by atoms with Gasteiger partial charge in [0.15, 0.2) is 0 Å². The number of hydrogen-bond donors (Lipinski definition) is 1. The first kappa shape index (κ1) is 20.9. The van der Waals surface area contributed by atoms with Crippen molar-refractivity contribution in [3.63, 3.8) is 0 Å². The van der Waals surface area contributed by atoms with E-state index in [4.69, 9.17) is 5.73 Å². The average molecular weight is 427 g/mol. The Morgan fingerprint density at radius 1 is 1.13 bits per heavy atom. The van der Waals surface area contributed by atoms with Crippen molar-refractivity contribution >= 4 is 22.8 Å². The predicted octanol–water partition coefficient (Wildman–Crippen LogP) is 3.05. The number of halogens is 2. The number of carbonyl (C=O) groups excluding carboxylic acids is 2. The molecular weight excluding hydrogens is 404 g/mol. The van der Waals surface area contributed by atoms with E-state index in [1.165, 1.54) is 11.1 Å². The summed E-state index contributed by atoms with van der Waals surface area (Å²) in [5.74, 6) is -3.47. The van der Waals surface area contributed by atoms with Gasteiger partial charge in [-0.2, -0.15) is 0 Å². The van der Waals surface area contributed by atoms with E-state index in [1.54, 1.807) is 43.1 Å². The maximum absolute atomic E-state index is 13.4. The SMILES string of the molecule is CC(C)(C(N)=O)c1cncc(-n2ccc3cc(C(=O)N4CCC(F)(F)CC4)cnc32)c1. The summed E-state index contributed by atoms with van der Waals surface area (Å²) >= 11 is 0. The quantitative estimate of drug-likeness (QED) is 0.692. The van der Waals surface area contributed by atoms with Gasteiger partial charge in [0.05, 0.1) is 22.9 Å². The van der Waals surface area contributed by atoms with Crippen LogP contribution in [0.1, 0.15) is 42.6 Å². The van der Waals surface area contributed by atoms with Gasteiger partial charge in [-0.05, 0) is 37.6 Å². The summed E-state index contributed by atoms with van der Waals surface area (Å²) in [6, 6.07) is 5.35. The fourth-order valence-electron chi connectivity index (χ4n) is 3.61. The summed E-state index contributed by atoms with van der Waals surface area (Å²) in [7, 11) is 0. The summed E-state index contributed by atoms with van der Waals surface area (Å²) in [6.45, 7) is 3.52. The molecule has 0 saturated carbocycles. The largest absolute Gasteiger partial charge is 0.369 e. The van der Waals surface area contributed by atoms with Gasteiger partial charge in [0, 0.05) is 49.9 Å². The number of alkyl halides is 2. The molecule has 0 spiro atoms. The second-order valence-electron chi connectivity index (χ2n) is 8.39. The van der Waals surface area contributed by atoms with Gasteiger partial charge in [-0.15, -0.1) is 0 Å². The standard InChI is InChI=1S/C22H23F2N5O2/c1-21(2,20(25)31)16-10-17(13-26-12-16)29-6-3-14-9-15(11-27-18(14)29)19(30)28-7-4-22(23,24)5-8-28/h3,6,9-13H,4-5,7-8H2,1-2H3,(H2,25,31). The molecule has 1 fully saturated rings. The minimum Gasteiger partial charge on any atom is -0.369 e. The van der Waals surface area contributed by atoms with Crippen molar-refractivity contribution < 1.29 is 18.4 Å². The number of likely N-dealkylation sites (tertiary alicyclic amines) is 1. The predicted molar refractivity (Wildman–Crippen MR) is 111 cm³/mol. The number of nitrogens with zero attached hydrogens (tertiary/aromatic N) is 4. The van der Waals surface area contributed by atoms with Crippen molar-refractivity contribution in [2.45, 2.75) is 38.0 Å². The average Bonchev–Trinajstić information content (AvgIpc) is 3.16. The van der Waals surface area contributed by atoms with Crippen LogP contribution in [0.2, 0.25) is 0 Å². The molecule has 3 aromatic heterocycles. The molecular formula is C22H23F2N5O2. The van der Waals surface area contributed by atoms with Gasteiger partial charge in [0.2, 0.25) is 5.91 Å². The smallest absolute Gasteiger partial charge is 0.255 e. The molecule has 2 N–H and O–H groups in total. The fraction of sp³-hybridized carbons (Fsp3) is 0.364. The van der Waals surface area contributed by atoms with Crippen LogP contribution in [0.5, 0.6) is 0 Å². The monoisotopic (exact) mass is 427 g/mol. The number of carbonyl (C=O) groups is 2. The number of rotatable bonds is 4. The molecule has 1 saturated heterocycles. The first-order valence-electron chi connectivity index (χ1n) is 9.98. The maximum Gasteiger partial charge on any atom is 0.255 e. The molecule has 7 nitrogen and oxygen atoms in total. The van der Waals surface area contributed by atoms with Crippen LogP contribution in [-0.2, 0) is 10.2 Å². The molecule has 9 heteroatoms. The molecule has 1 aliphatic heterocycles. The number of pyridine rings is 2. The Kier molecular flexibility index (Phi) is 4.99. The van der Waals surface area contributed by atoms with E-state index in [1.807, 2.05) is 12.1 Å². The Bertz CT molecular complexity index is 1160. The molecule has 162 valence electrons. The number of primary amides is 1. The van der Waals surface area contributed by atoms with Crippen LogP contribution in [-0.4, -0.2) is 50.3 Å². The van der Waals surface area contributed by atoms with Gasteiger partial charge in [0.1, 0.15) is 5.65 Å². The van der Waals surface area contributed by atoms with Gasteiger partial charge < -0.3 is 10.6 Å². The van der Waals surface area contributed by atoms with Crippen molar-refractivity contribution in [1.82, 2.24) is 19.4 Å². The highest BCUT2D eigenvalue weighted by Crippen LogP contribution is 2.29. The van der Waals surface area contributed by atoms with Crippen molar-refractivity contribution in [3.05, 3.63) is 54.1 Å². The second-order valence-corrected chi connectivity index (χ2v) is 8.39. The van der Waals surface area contributed by atoms with E-state index < -0.39 is 17.2 Å². The molecule has 2 amide bonds. The minimum atomic E-state index is -2.71. The van der Waals surface area contributed by atoms with Crippen molar-refractivity contribution in [3.8, 4) is 5.69 Å². The molecule has 0 aromatic carbocycles. The van der Waals surface area contributed by atoms with E-state index in [0.29, 0.717) is 22.5 Å². The van der Waals surface area contributed by atoms with E-state index in [0.717, 1.165) is 5.39 Å². The van der Waals surface area contributed by atoms with Gasteiger partial charge >= 0.3 is 0 Å². The lowest BCUT2D eigenvalue weighted by Crippen LogP contribution is -2.42. The number of piperidine rings is 1. The molecule has 1 aliphatic rings. The third-order valence-corrected chi connectivity index (χ3v) is 5.90. The normalized spacial score (nSPS) is 16.5. The zero-order valence-electron chi connectivity index (χ0n) is 17.3. The van der Waals surface area contributed by atoms with Gasteiger partial charge in [0.25, 0.3) is 11.8 Å². The first-order chi connectivity index (χ1) is 14.6. The molecule has 0 bridgehead atoms. The number of aromatic nitrogens is 3. The molecule has 0 aliphatic carbocycles. The number of nitrogens with two attached hydrogens (primary N) is 1. The van der Waals surface area contributed by atoms with E-state index in [-0.39, 0.29) is 31.8 Å². The molecule has 4 heterocycles. The molecule has 0 atom stereocenters. The third-order valence-electron chi connectivity index (χ3n) is 5.90. The zero-order valence-corrected chi connectivity index (χ0v) is 17.3. The molecule has 0 radical (unpaired) electrons. The van der Waals surface area contributed by atoms with Gasteiger partial charge in [-0.1, -0.05) is 0 Å². The topological polar surface area (TPSA) is 94.1 Å². The Labute approximate surface area is 177 Å². The van der Waals surface area contributed by atoms with Crippen LogP contribution in [0.4, 0.5) is 8.78 Å². The summed E-state index contributed by atoms with van der Waals surface area (Å²) in [5.41, 5.74) is 6.98.